The molecule has 1 atom stereocenters. The summed E-state index contributed by atoms with van der Waals surface area (Å²) in [7, 11) is 3.72. The summed E-state index contributed by atoms with van der Waals surface area (Å²) in [6.45, 7) is 13.0. The molecule has 0 bridgehead atoms. The van der Waals surface area contributed by atoms with Gasteiger partial charge in [-0.2, -0.15) is 5.10 Å². The molecule has 0 aliphatic heterocycles. The predicted octanol–water partition coefficient (Wildman–Crippen LogP) is 2.67. The van der Waals surface area contributed by atoms with Crippen LogP contribution in [0.15, 0.2) is 4.99 Å². The largest absolute Gasteiger partial charge is 0.444 e. The molecule has 0 saturated heterocycles. The summed E-state index contributed by atoms with van der Waals surface area (Å²) >= 11 is 0. The number of rotatable bonds is 7. The molecule has 1 rings (SSSR count). The highest BCUT2D eigenvalue weighted by molar-refractivity contribution is 14.0. The highest BCUT2D eigenvalue weighted by atomic mass is 127. The second-order valence-electron chi connectivity index (χ2n) is 7.80. The van der Waals surface area contributed by atoms with Gasteiger partial charge in [0.1, 0.15) is 5.60 Å². The molecular formula is C19H37IN6O2. The maximum absolute atomic E-state index is 11.6. The van der Waals surface area contributed by atoms with Gasteiger partial charge in [0, 0.05) is 38.9 Å². The molecule has 0 spiro atoms. The first-order valence-electron chi connectivity index (χ1n) is 9.46. The van der Waals surface area contributed by atoms with Crippen LogP contribution < -0.4 is 16.0 Å². The number of hydrogen-bond donors (Lipinski definition) is 3. The number of nitrogens with zero attached hydrogens (tertiary/aromatic N) is 3. The van der Waals surface area contributed by atoms with Crippen LogP contribution in [0.1, 0.15) is 51.1 Å². The van der Waals surface area contributed by atoms with E-state index in [0.717, 1.165) is 24.5 Å². The molecule has 0 radical (unpaired) electrons. The lowest BCUT2D eigenvalue weighted by Crippen LogP contribution is -2.44. The number of carbonyl (C=O) groups excluding carboxylic acids is 1. The highest BCUT2D eigenvalue weighted by Crippen LogP contribution is 2.14. The van der Waals surface area contributed by atoms with Crippen molar-refractivity contribution in [3.05, 3.63) is 17.0 Å². The number of aliphatic imine (C=N–C) groups is 1. The highest BCUT2D eigenvalue weighted by Gasteiger charge is 2.16. The van der Waals surface area contributed by atoms with Crippen molar-refractivity contribution in [2.75, 3.05) is 20.1 Å². The first-order chi connectivity index (χ1) is 12.5. The molecule has 0 aliphatic rings. The van der Waals surface area contributed by atoms with Gasteiger partial charge < -0.3 is 20.7 Å². The monoisotopic (exact) mass is 508 g/mol. The Morgan fingerprint density at radius 1 is 1.25 bits per heavy atom. The van der Waals surface area contributed by atoms with Crippen molar-refractivity contribution in [2.45, 2.75) is 66.0 Å². The lowest BCUT2D eigenvalue weighted by atomic mass is 10.1. The fourth-order valence-corrected chi connectivity index (χ4v) is 2.70. The van der Waals surface area contributed by atoms with Crippen LogP contribution in [0.5, 0.6) is 0 Å². The van der Waals surface area contributed by atoms with Crippen LogP contribution in [0.4, 0.5) is 4.79 Å². The Morgan fingerprint density at radius 3 is 2.36 bits per heavy atom. The Hall–Kier alpha value is -1.52. The normalized spacial score (nSPS) is 12.8. The van der Waals surface area contributed by atoms with Gasteiger partial charge in [-0.25, -0.2) is 4.79 Å². The number of nitrogens with one attached hydrogen (secondary N) is 3. The topological polar surface area (TPSA) is 92.6 Å². The van der Waals surface area contributed by atoms with E-state index in [9.17, 15) is 4.79 Å². The summed E-state index contributed by atoms with van der Waals surface area (Å²) in [6.07, 6.45) is 1.27. The summed E-state index contributed by atoms with van der Waals surface area (Å²) in [5.41, 5.74) is 3.06. The Labute approximate surface area is 186 Å². The van der Waals surface area contributed by atoms with Gasteiger partial charge in [-0.05, 0) is 59.9 Å². The van der Waals surface area contributed by atoms with Crippen molar-refractivity contribution >= 4 is 36.0 Å². The average Bonchev–Trinajstić information content (AvgIpc) is 2.78. The molecule has 8 nitrogen and oxygen atoms in total. The van der Waals surface area contributed by atoms with E-state index in [4.69, 9.17) is 4.74 Å². The Morgan fingerprint density at radius 2 is 1.86 bits per heavy atom. The van der Waals surface area contributed by atoms with Crippen LogP contribution in [-0.2, 0) is 18.2 Å². The summed E-state index contributed by atoms with van der Waals surface area (Å²) in [5, 5.41) is 13.9. The Kier molecular flexibility index (Phi) is 11.5. The number of aromatic nitrogens is 2. The number of amides is 1. The van der Waals surface area contributed by atoms with E-state index in [-0.39, 0.29) is 36.1 Å². The quantitative estimate of drug-likeness (QED) is 0.228. The van der Waals surface area contributed by atoms with Crippen LogP contribution in [0, 0.1) is 13.8 Å². The fraction of sp³-hybridized carbons (Fsp3) is 0.737. The molecule has 1 unspecified atom stereocenters. The number of guanidine groups is 1. The van der Waals surface area contributed by atoms with Gasteiger partial charge >= 0.3 is 6.09 Å². The van der Waals surface area contributed by atoms with E-state index in [0.29, 0.717) is 13.1 Å². The van der Waals surface area contributed by atoms with E-state index in [1.807, 2.05) is 39.4 Å². The van der Waals surface area contributed by atoms with Crippen LogP contribution in [0.2, 0.25) is 0 Å². The first kappa shape index (κ1) is 26.5. The van der Waals surface area contributed by atoms with Crippen molar-refractivity contribution in [2.24, 2.45) is 12.0 Å². The fourth-order valence-electron chi connectivity index (χ4n) is 2.70. The minimum absolute atomic E-state index is 0. The maximum Gasteiger partial charge on any atom is 0.407 e. The van der Waals surface area contributed by atoms with Gasteiger partial charge in [0.05, 0.1) is 5.69 Å². The van der Waals surface area contributed by atoms with Crippen LogP contribution in [0.3, 0.4) is 0 Å². The molecule has 1 amide bonds. The molecule has 1 heterocycles. The smallest absolute Gasteiger partial charge is 0.407 e. The van der Waals surface area contributed by atoms with Crippen LogP contribution in [-0.4, -0.2) is 53.6 Å². The first-order valence-corrected chi connectivity index (χ1v) is 9.46. The zero-order valence-corrected chi connectivity index (χ0v) is 20.8. The van der Waals surface area contributed by atoms with Crippen LogP contribution in [0.25, 0.3) is 0 Å². The molecular weight excluding hydrogens is 471 g/mol. The van der Waals surface area contributed by atoms with E-state index in [1.54, 1.807) is 7.05 Å². The molecule has 28 heavy (non-hydrogen) atoms. The molecule has 162 valence electrons. The van der Waals surface area contributed by atoms with Crippen molar-refractivity contribution in [1.29, 1.82) is 0 Å². The van der Waals surface area contributed by atoms with Crippen molar-refractivity contribution in [3.63, 3.8) is 0 Å². The van der Waals surface area contributed by atoms with Crippen molar-refractivity contribution in [3.8, 4) is 0 Å². The van der Waals surface area contributed by atoms with Gasteiger partial charge in [0.2, 0.25) is 0 Å². The zero-order valence-electron chi connectivity index (χ0n) is 18.5. The Bertz CT molecular complexity index is 652. The molecule has 3 N–H and O–H groups in total. The Balaban J connectivity index is 0.00000729. The molecule has 9 heteroatoms. The van der Waals surface area contributed by atoms with E-state index >= 15 is 0 Å². The summed E-state index contributed by atoms with van der Waals surface area (Å²) < 4.78 is 7.12. The minimum atomic E-state index is -0.477. The molecule has 0 fully saturated rings. The minimum Gasteiger partial charge on any atom is -0.444 e. The maximum atomic E-state index is 11.6. The summed E-state index contributed by atoms with van der Waals surface area (Å²) in [4.78, 5) is 15.9. The predicted molar refractivity (Wildman–Crippen MR) is 125 cm³/mol. The third kappa shape index (κ3) is 9.61. The van der Waals surface area contributed by atoms with E-state index < -0.39 is 5.60 Å². The van der Waals surface area contributed by atoms with Gasteiger partial charge in [0.15, 0.2) is 5.96 Å². The van der Waals surface area contributed by atoms with Crippen molar-refractivity contribution < 1.29 is 9.53 Å². The third-order valence-electron chi connectivity index (χ3n) is 4.09. The lowest BCUT2D eigenvalue weighted by Gasteiger charge is -2.20. The van der Waals surface area contributed by atoms with E-state index in [1.165, 1.54) is 11.3 Å². The third-order valence-corrected chi connectivity index (χ3v) is 4.09. The molecule has 1 aromatic rings. The zero-order chi connectivity index (χ0) is 20.6. The standard InChI is InChI=1S/C19H36N6O2.HI/c1-13(12-16-14(2)24-25(8)15(16)3)23-17(20-7)21-10-9-11-22-18(26)27-19(4,5)6;/h13H,9-12H2,1-8H3,(H,22,26)(H2,20,21,23);1H. The number of ether oxygens (including phenoxy) is 1. The second kappa shape index (κ2) is 12.1. The number of carbonyl (C=O) groups is 1. The van der Waals surface area contributed by atoms with Gasteiger partial charge in [0.25, 0.3) is 0 Å². The van der Waals surface area contributed by atoms with E-state index in [2.05, 4.69) is 39.9 Å². The molecule has 0 aliphatic carbocycles. The summed E-state index contributed by atoms with van der Waals surface area (Å²) in [5.74, 6) is 0.749. The number of alkyl carbamates (subject to hydrolysis) is 1. The molecule has 0 aromatic carbocycles. The number of aryl methyl sites for hydroxylation is 2. The van der Waals surface area contributed by atoms with Gasteiger partial charge in [-0.15, -0.1) is 24.0 Å². The average molecular weight is 508 g/mol. The van der Waals surface area contributed by atoms with Crippen molar-refractivity contribution in [1.82, 2.24) is 25.7 Å². The second-order valence-corrected chi connectivity index (χ2v) is 7.80. The van der Waals surface area contributed by atoms with Gasteiger partial charge in [-0.1, -0.05) is 0 Å². The number of halogens is 1. The SMILES string of the molecule is CN=C(NCCCNC(=O)OC(C)(C)C)NC(C)Cc1c(C)nn(C)c1C.I. The summed E-state index contributed by atoms with van der Waals surface area (Å²) in [6, 6.07) is 0.220. The molecule has 0 saturated carbocycles. The molecule has 1 aromatic heterocycles. The number of hydrogen-bond acceptors (Lipinski definition) is 4. The van der Waals surface area contributed by atoms with Gasteiger partial charge in [-0.3, -0.25) is 9.67 Å². The lowest BCUT2D eigenvalue weighted by molar-refractivity contribution is 0.0527. The van der Waals surface area contributed by atoms with Crippen LogP contribution >= 0.6 is 24.0 Å².